The molecule has 0 spiro atoms. The van der Waals surface area contributed by atoms with Crippen LogP contribution in [0.4, 0.5) is 5.69 Å². The van der Waals surface area contributed by atoms with Crippen molar-refractivity contribution in [1.29, 1.82) is 0 Å². The molecule has 0 atom stereocenters. The summed E-state index contributed by atoms with van der Waals surface area (Å²) in [5.74, 6) is 2.27. The Balaban J connectivity index is 1.64. The fourth-order valence-corrected chi connectivity index (χ4v) is 4.23. The lowest BCUT2D eigenvalue weighted by molar-refractivity contribution is -0.113. The Morgan fingerprint density at radius 2 is 1.72 bits per heavy atom. The average molecular weight is 446 g/mol. The molecule has 0 saturated carbocycles. The van der Waals surface area contributed by atoms with Crippen molar-refractivity contribution < 1.29 is 9.21 Å². The molecule has 1 aromatic heterocycles. The maximum Gasteiger partial charge on any atom is 0.283 e. The molecule has 2 aromatic carbocycles. The van der Waals surface area contributed by atoms with E-state index < -0.39 is 0 Å². The van der Waals surface area contributed by atoms with Crippen LogP contribution in [0, 0.1) is 20.8 Å². The highest BCUT2D eigenvalue weighted by Gasteiger charge is 2.32. The van der Waals surface area contributed by atoms with Crippen molar-refractivity contribution in [3.05, 3.63) is 88.3 Å². The van der Waals surface area contributed by atoms with Gasteiger partial charge in [0.05, 0.1) is 17.1 Å². The number of amides is 1. The first-order valence-corrected chi connectivity index (χ1v) is 11.7. The van der Waals surface area contributed by atoms with Crippen LogP contribution in [0.3, 0.4) is 0 Å². The summed E-state index contributed by atoms with van der Waals surface area (Å²) in [5.41, 5.74) is 5.46. The van der Waals surface area contributed by atoms with E-state index in [1.54, 1.807) is 4.90 Å². The summed E-state index contributed by atoms with van der Waals surface area (Å²) in [6.45, 7) is 10.2. The molecule has 1 aliphatic heterocycles. The Morgan fingerprint density at radius 3 is 2.31 bits per heavy atom. The van der Waals surface area contributed by atoms with Crippen molar-refractivity contribution in [2.45, 2.75) is 46.3 Å². The van der Waals surface area contributed by atoms with E-state index in [2.05, 4.69) is 31.0 Å². The number of aryl methyl sites for hydroxylation is 3. The molecule has 4 rings (SSSR count). The molecule has 32 heavy (non-hydrogen) atoms. The van der Waals surface area contributed by atoms with Gasteiger partial charge in [0.25, 0.3) is 5.91 Å². The maximum absolute atomic E-state index is 13.3. The zero-order chi connectivity index (χ0) is 22.8. The van der Waals surface area contributed by atoms with Crippen LogP contribution in [-0.2, 0) is 10.5 Å². The van der Waals surface area contributed by atoms with Gasteiger partial charge in [-0.3, -0.25) is 9.69 Å². The predicted molar refractivity (Wildman–Crippen MR) is 132 cm³/mol. The number of aliphatic imine (C=N–C) groups is 1. The highest BCUT2D eigenvalue weighted by atomic mass is 32.2. The van der Waals surface area contributed by atoms with Gasteiger partial charge in [-0.2, -0.15) is 0 Å². The first-order valence-electron chi connectivity index (χ1n) is 10.7. The minimum Gasteiger partial charge on any atom is -0.445 e. The van der Waals surface area contributed by atoms with Crippen molar-refractivity contribution in [3.63, 3.8) is 0 Å². The van der Waals surface area contributed by atoms with Crippen molar-refractivity contribution in [1.82, 2.24) is 4.98 Å². The van der Waals surface area contributed by atoms with Gasteiger partial charge in [0, 0.05) is 0 Å². The van der Waals surface area contributed by atoms with Crippen LogP contribution in [0.15, 0.2) is 63.6 Å². The van der Waals surface area contributed by atoms with E-state index in [1.807, 2.05) is 63.2 Å². The van der Waals surface area contributed by atoms with Gasteiger partial charge in [-0.25, -0.2) is 9.98 Å². The van der Waals surface area contributed by atoms with E-state index in [4.69, 9.17) is 9.41 Å². The van der Waals surface area contributed by atoms with Crippen LogP contribution in [0.2, 0.25) is 0 Å². The third kappa shape index (κ3) is 4.70. The molecule has 5 nitrogen and oxygen atoms in total. The number of benzene rings is 2. The van der Waals surface area contributed by atoms with Crippen molar-refractivity contribution in [2.24, 2.45) is 4.99 Å². The number of hydrogen-bond donors (Lipinski definition) is 0. The number of anilines is 1. The van der Waals surface area contributed by atoms with Gasteiger partial charge in [0.15, 0.2) is 5.17 Å². The first kappa shape index (κ1) is 22.1. The molecule has 3 aromatic rings. The molecule has 1 amide bonds. The lowest BCUT2D eigenvalue weighted by Crippen LogP contribution is -2.30. The summed E-state index contributed by atoms with van der Waals surface area (Å²) in [4.78, 5) is 24.2. The van der Waals surface area contributed by atoms with Gasteiger partial charge < -0.3 is 4.42 Å². The third-order valence-corrected chi connectivity index (χ3v) is 6.35. The minimum atomic E-state index is -0.135. The first-order chi connectivity index (χ1) is 15.3. The number of amidine groups is 1. The van der Waals surface area contributed by atoms with E-state index in [9.17, 15) is 4.79 Å². The number of carbonyl (C=O) groups is 1. The molecular formula is C26H27N3O2S. The molecular weight excluding hydrogens is 418 g/mol. The van der Waals surface area contributed by atoms with Crippen LogP contribution < -0.4 is 4.90 Å². The highest BCUT2D eigenvalue weighted by molar-refractivity contribution is 8.13. The summed E-state index contributed by atoms with van der Waals surface area (Å²) in [6, 6.07) is 16.2. The van der Waals surface area contributed by atoms with Gasteiger partial charge in [-0.05, 0) is 56.0 Å². The molecule has 6 heteroatoms. The van der Waals surface area contributed by atoms with Crippen LogP contribution in [-0.4, -0.2) is 16.1 Å². The lowest BCUT2D eigenvalue weighted by Gasteiger charge is -2.17. The maximum atomic E-state index is 13.3. The SMILES string of the molecule is Cc1ccc(N2C(=O)/C(=C/c3ccc(C(C)C)cc3)N=C2SCc2nc(C)c(C)o2)cc1. The van der Waals surface area contributed by atoms with Crippen LogP contribution in [0.1, 0.15) is 53.8 Å². The van der Waals surface area contributed by atoms with Crippen molar-refractivity contribution in [2.75, 3.05) is 4.90 Å². The zero-order valence-corrected chi connectivity index (χ0v) is 19.9. The number of oxazole rings is 1. The normalized spacial score (nSPS) is 15.2. The largest absolute Gasteiger partial charge is 0.445 e. The molecule has 1 aliphatic rings. The van der Waals surface area contributed by atoms with Gasteiger partial charge >= 0.3 is 0 Å². The number of thioether (sulfide) groups is 1. The minimum absolute atomic E-state index is 0.135. The summed E-state index contributed by atoms with van der Waals surface area (Å²) < 4.78 is 5.71. The smallest absolute Gasteiger partial charge is 0.283 e. The number of nitrogens with zero attached hydrogens (tertiary/aromatic N) is 3. The Morgan fingerprint density at radius 1 is 1.03 bits per heavy atom. The zero-order valence-electron chi connectivity index (χ0n) is 19.0. The summed E-state index contributed by atoms with van der Waals surface area (Å²) in [5, 5.41) is 0.623. The van der Waals surface area contributed by atoms with E-state index >= 15 is 0 Å². The topological polar surface area (TPSA) is 58.7 Å². The van der Waals surface area contributed by atoms with Crippen LogP contribution in [0.25, 0.3) is 6.08 Å². The quantitative estimate of drug-likeness (QED) is 0.426. The van der Waals surface area contributed by atoms with Gasteiger partial charge in [0.1, 0.15) is 11.5 Å². The second kappa shape index (κ2) is 9.17. The second-order valence-corrected chi connectivity index (χ2v) is 9.20. The molecule has 0 unspecified atom stereocenters. The second-order valence-electron chi connectivity index (χ2n) is 8.26. The Hall–Kier alpha value is -3.12. The number of aromatic nitrogens is 1. The van der Waals surface area contributed by atoms with E-state index in [0.717, 1.165) is 28.3 Å². The number of rotatable bonds is 5. The van der Waals surface area contributed by atoms with Gasteiger partial charge in [0.2, 0.25) is 5.89 Å². The third-order valence-electron chi connectivity index (χ3n) is 5.43. The molecule has 0 saturated heterocycles. The monoisotopic (exact) mass is 445 g/mol. The fourth-order valence-electron chi connectivity index (χ4n) is 3.38. The highest BCUT2D eigenvalue weighted by Crippen LogP contribution is 2.31. The van der Waals surface area contributed by atoms with E-state index in [0.29, 0.717) is 28.4 Å². The van der Waals surface area contributed by atoms with Crippen molar-refractivity contribution in [3.8, 4) is 0 Å². The van der Waals surface area contributed by atoms with Crippen LogP contribution >= 0.6 is 11.8 Å². The van der Waals surface area contributed by atoms with Crippen molar-refractivity contribution >= 4 is 34.6 Å². The number of hydrogen-bond acceptors (Lipinski definition) is 5. The molecule has 0 N–H and O–H groups in total. The predicted octanol–water partition coefficient (Wildman–Crippen LogP) is 6.40. The standard InChI is InChI=1S/C26H27N3O2S/c1-16(2)21-10-8-20(9-11-21)14-23-25(30)29(22-12-6-17(3)7-13-22)26(28-23)32-15-24-27-18(4)19(5)31-24/h6-14,16H,15H2,1-5H3/b23-14-. The van der Waals surface area contributed by atoms with E-state index in [1.165, 1.54) is 17.3 Å². The molecule has 0 fully saturated rings. The summed E-state index contributed by atoms with van der Waals surface area (Å²) >= 11 is 1.45. The number of carbonyl (C=O) groups excluding carboxylic acids is 1. The Bertz CT molecular complexity index is 1170. The van der Waals surface area contributed by atoms with E-state index in [-0.39, 0.29) is 5.91 Å². The molecule has 0 radical (unpaired) electrons. The average Bonchev–Trinajstić information content (AvgIpc) is 3.25. The lowest BCUT2D eigenvalue weighted by atomic mass is 10.0. The Kier molecular flexibility index (Phi) is 6.33. The van der Waals surface area contributed by atoms with Gasteiger partial charge in [-0.1, -0.05) is 67.6 Å². The molecule has 0 bridgehead atoms. The summed E-state index contributed by atoms with van der Waals surface area (Å²) in [6.07, 6.45) is 1.85. The molecule has 164 valence electrons. The van der Waals surface area contributed by atoms with Gasteiger partial charge in [-0.15, -0.1) is 0 Å². The summed E-state index contributed by atoms with van der Waals surface area (Å²) in [7, 11) is 0. The molecule has 0 aliphatic carbocycles. The fraction of sp³-hybridized carbons (Fsp3) is 0.269. The van der Waals surface area contributed by atoms with Crippen LogP contribution in [0.5, 0.6) is 0 Å². The molecule has 2 heterocycles. The Labute approximate surface area is 193 Å².